The smallest absolute Gasteiger partial charge is 0.191 e. The summed E-state index contributed by atoms with van der Waals surface area (Å²) >= 11 is 0. The number of halogens is 1. The Morgan fingerprint density at radius 3 is 2.58 bits per heavy atom. The molecule has 0 amide bonds. The van der Waals surface area contributed by atoms with Crippen LogP contribution in [0.5, 0.6) is 0 Å². The molecule has 7 heteroatoms. The molecule has 0 aliphatic carbocycles. The van der Waals surface area contributed by atoms with E-state index in [9.17, 15) is 5.11 Å². The second-order valence-corrected chi connectivity index (χ2v) is 6.57. The van der Waals surface area contributed by atoms with Crippen LogP contribution in [0.1, 0.15) is 30.9 Å². The van der Waals surface area contributed by atoms with E-state index in [1.165, 1.54) is 0 Å². The Morgan fingerprint density at radius 1 is 1.27 bits per heavy atom. The van der Waals surface area contributed by atoms with Crippen molar-refractivity contribution >= 4 is 29.9 Å². The van der Waals surface area contributed by atoms with Crippen molar-refractivity contribution in [2.75, 3.05) is 40.0 Å². The monoisotopic (exact) mass is 477 g/mol. The van der Waals surface area contributed by atoms with Crippen molar-refractivity contribution in [2.24, 2.45) is 10.4 Å². The molecule has 0 spiro atoms. The van der Waals surface area contributed by atoms with E-state index in [0.29, 0.717) is 19.8 Å². The van der Waals surface area contributed by atoms with Gasteiger partial charge in [0.1, 0.15) is 0 Å². The fourth-order valence-electron chi connectivity index (χ4n) is 3.00. The summed E-state index contributed by atoms with van der Waals surface area (Å²) < 4.78 is 10.7. The van der Waals surface area contributed by atoms with Gasteiger partial charge in [0.05, 0.1) is 19.8 Å². The summed E-state index contributed by atoms with van der Waals surface area (Å²) in [5.74, 6) is 0.799. The first-order valence-electron chi connectivity index (χ1n) is 8.99. The average Bonchev–Trinajstić information content (AvgIpc) is 3.08. The van der Waals surface area contributed by atoms with E-state index in [1.54, 1.807) is 7.11 Å². The van der Waals surface area contributed by atoms with E-state index >= 15 is 0 Å². The first kappa shape index (κ1) is 23.1. The molecule has 1 aliphatic rings. The van der Waals surface area contributed by atoms with Crippen LogP contribution in [0.2, 0.25) is 0 Å². The third-order valence-corrected chi connectivity index (χ3v) is 4.56. The van der Waals surface area contributed by atoms with Crippen LogP contribution in [0.4, 0.5) is 0 Å². The fraction of sp³-hybridized carbons (Fsp3) is 0.632. The van der Waals surface area contributed by atoms with Gasteiger partial charge < -0.3 is 25.2 Å². The van der Waals surface area contributed by atoms with Crippen LogP contribution in [0.25, 0.3) is 0 Å². The first-order valence-corrected chi connectivity index (χ1v) is 8.99. The molecule has 1 aromatic rings. The fourth-order valence-corrected chi connectivity index (χ4v) is 3.00. The predicted molar refractivity (Wildman–Crippen MR) is 115 cm³/mol. The van der Waals surface area contributed by atoms with Crippen LogP contribution in [0.15, 0.2) is 29.3 Å². The van der Waals surface area contributed by atoms with Crippen molar-refractivity contribution in [1.29, 1.82) is 0 Å². The van der Waals surface area contributed by atoms with Crippen LogP contribution >= 0.6 is 24.0 Å². The molecule has 1 fully saturated rings. The number of nitrogens with zero attached hydrogens (tertiary/aromatic N) is 1. The topological polar surface area (TPSA) is 75.1 Å². The summed E-state index contributed by atoms with van der Waals surface area (Å²) in [4.78, 5) is 4.67. The lowest BCUT2D eigenvalue weighted by Gasteiger charge is -2.27. The van der Waals surface area contributed by atoms with E-state index in [0.717, 1.165) is 49.6 Å². The zero-order chi connectivity index (χ0) is 18.0. The summed E-state index contributed by atoms with van der Waals surface area (Å²) in [6.07, 6.45) is 1.72. The van der Waals surface area contributed by atoms with E-state index in [1.807, 2.05) is 0 Å². The van der Waals surface area contributed by atoms with Crippen molar-refractivity contribution in [1.82, 2.24) is 10.6 Å². The minimum atomic E-state index is 0. The number of benzene rings is 1. The maximum Gasteiger partial charge on any atom is 0.191 e. The molecule has 1 unspecified atom stereocenters. The van der Waals surface area contributed by atoms with Gasteiger partial charge in [0.25, 0.3) is 0 Å². The lowest BCUT2D eigenvalue weighted by Crippen LogP contribution is -2.44. The van der Waals surface area contributed by atoms with Crippen molar-refractivity contribution in [3.63, 3.8) is 0 Å². The molecule has 6 nitrogen and oxygen atoms in total. The van der Waals surface area contributed by atoms with Crippen molar-refractivity contribution in [2.45, 2.75) is 32.9 Å². The Balaban J connectivity index is 0.00000338. The molecule has 1 heterocycles. The molecule has 1 aromatic carbocycles. The number of nitrogens with one attached hydrogen (secondary N) is 2. The van der Waals surface area contributed by atoms with Crippen molar-refractivity contribution < 1.29 is 14.6 Å². The van der Waals surface area contributed by atoms with Crippen LogP contribution in [-0.4, -0.2) is 51.1 Å². The lowest BCUT2D eigenvalue weighted by molar-refractivity contribution is 0.127. The molecule has 1 aliphatic heterocycles. The Hall–Kier alpha value is -0.900. The minimum absolute atomic E-state index is 0. The Morgan fingerprint density at radius 2 is 2.00 bits per heavy atom. The van der Waals surface area contributed by atoms with Gasteiger partial charge in [0.2, 0.25) is 0 Å². The molecule has 0 bridgehead atoms. The first-order chi connectivity index (χ1) is 12.2. The Bertz CT molecular complexity index is 531. The number of hydrogen-bond donors (Lipinski definition) is 3. The number of aliphatic hydroxyl groups excluding tert-OH is 1. The normalized spacial score (nSPS) is 19.9. The zero-order valence-corrected chi connectivity index (χ0v) is 18.1. The third-order valence-electron chi connectivity index (χ3n) is 4.56. The van der Waals surface area contributed by atoms with Gasteiger partial charge in [-0.25, -0.2) is 4.99 Å². The third kappa shape index (κ3) is 7.38. The van der Waals surface area contributed by atoms with Crippen LogP contribution in [0.3, 0.4) is 0 Å². The molecular formula is C19H32IN3O3. The average molecular weight is 477 g/mol. The number of rotatable bonds is 9. The van der Waals surface area contributed by atoms with Crippen LogP contribution < -0.4 is 10.6 Å². The Labute approximate surface area is 173 Å². The highest BCUT2D eigenvalue weighted by Gasteiger charge is 2.34. The molecule has 1 saturated heterocycles. The quantitative estimate of drug-likeness (QED) is 0.289. The van der Waals surface area contributed by atoms with Gasteiger partial charge >= 0.3 is 0 Å². The van der Waals surface area contributed by atoms with Gasteiger partial charge in [0, 0.05) is 38.8 Å². The number of ether oxygens (including phenoxy) is 2. The maximum absolute atomic E-state index is 9.33. The largest absolute Gasteiger partial charge is 0.396 e. The molecule has 0 saturated carbocycles. The SMILES string of the molecule is CCNC(=NCc1ccc(COC)cc1)NCC1(CCO)CCOC1.I. The van der Waals surface area contributed by atoms with Gasteiger partial charge in [-0.3, -0.25) is 0 Å². The molecule has 148 valence electrons. The standard InChI is InChI=1S/C19H31N3O3.HI/c1-3-20-18(22-14-19(8-10-23)9-11-25-15-19)21-12-16-4-6-17(7-5-16)13-24-2;/h4-7,23H,3,8-15H2,1-2H3,(H2,20,21,22);1H. The highest BCUT2D eigenvalue weighted by molar-refractivity contribution is 14.0. The van der Waals surface area contributed by atoms with Gasteiger partial charge in [-0.15, -0.1) is 24.0 Å². The van der Waals surface area contributed by atoms with Gasteiger partial charge in [-0.1, -0.05) is 24.3 Å². The molecule has 2 rings (SSSR count). The second kappa shape index (κ2) is 12.5. The highest BCUT2D eigenvalue weighted by atomic mass is 127. The molecule has 26 heavy (non-hydrogen) atoms. The molecule has 0 radical (unpaired) electrons. The van der Waals surface area contributed by atoms with Gasteiger partial charge in [-0.2, -0.15) is 0 Å². The molecule has 0 aromatic heterocycles. The molecular weight excluding hydrogens is 445 g/mol. The second-order valence-electron chi connectivity index (χ2n) is 6.57. The van der Waals surface area contributed by atoms with Gasteiger partial charge in [-0.05, 0) is 30.9 Å². The summed E-state index contributed by atoms with van der Waals surface area (Å²) in [7, 11) is 1.70. The summed E-state index contributed by atoms with van der Waals surface area (Å²) in [6.45, 7) is 6.51. The van der Waals surface area contributed by atoms with Gasteiger partial charge in [0.15, 0.2) is 5.96 Å². The molecule has 1 atom stereocenters. The van der Waals surface area contributed by atoms with E-state index < -0.39 is 0 Å². The predicted octanol–water partition coefficient (Wildman–Crippen LogP) is 2.30. The van der Waals surface area contributed by atoms with E-state index in [-0.39, 0.29) is 36.0 Å². The summed E-state index contributed by atoms with van der Waals surface area (Å²) in [5, 5.41) is 16.0. The minimum Gasteiger partial charge on any atom is -0.396 e. The van der Waals surface area contributed by atoms with Crippen LogP contribution in [0, 0.1) is 5.41 Å². The lowest BCUT2D eigenvalue weighted by atomic mass is 9.84. The number of aliphatic imine (C=N–C) groups is 1. The Kier molecular flexibility index (Phi) is 11.1. The van der Waals surface area contributed by atoms with E-state index in [2.05, 4.69) is 46.8 Å². The highest BCUT2D eigenvalue weighted by Crippen LogP contribution is 2.31. The molecule has 3 N–H and O–H groups in total. The number of hydrogen-bond acceptors (Lipinski definition) is 4. The summed E-state index contributed by atoms with van der Waals surface area (Å²) in [6, 6.07) is 8.31. The zero-order valence-electron chi connectivity index (χ0n) is 15.8. The number of aliphatic hydroxyl groups is 1. The number of guanidine groups is 1. The van der Waals surface area contributed by atoms with E-state index in [4.69, 9.17) is 9.47 Å². The van der Waals surface area contributed by atoms with Crippen molar-refractivity contribution in [3.8, 4) is 0 Å². The number of methoxy groups -OCH3 is 1. The van der Waals surface area contributed by atoms with Crippen molar-refractivity contribution in [3.05, 3.63) is 35.4 Å². The maximum atomic E-state index is 9.33. The summed E-state index contributed by atoms with van der Waals surface area (Å²) in [5.41, 5.74) is 2.32. The van der Waals surface area contributed by atoms with Crippen LogP contribution in [-0.2, 0) is 22.6 Å².